The number of benzene rings is 1. The molecule has 6 heteroatoms. The van der Waals surface area contributed by atoms with Gasteiger partial charge in [0.1, 0.15) is 5.60 Å². The van der Waals surface area contributed by atoms with E-state index in [-0.39, 0.29) is 12.0 Å². The van der Waals surface area contributed by atoms with Crippen LogP contribution in [0.5, 0.6) is 0 Å². The molecule has 0 aliphatic rings. The summed E-state index contributed by atoms with van der Waals surface area (Å²) in [5, 5.41) is 3.90. The van der Waals surface area contributed by atoms with Crippen LogP contribution in [0.25, 0.3) is 11.4 Å². The predicted molar refractivity (Wildman–Crippen MR) is 85.7 cm³/mol. The Kier molecular flexibility index (Phi) is 4.71. The Balaban J connectivity index is 2.04. The molecule has 0 spiro atoms. The van der Waals surface area contributed by atoms with Gasteiger partial charge in [0.2, 0.25) is 11.7 Å². The molecule has 0 N–H and O–H groups in total. The number of carbonyl (C=O) groups excluding carboxylic acids is 1. The first-order valence-corrected chi connectivity index (χ1v) is 7.22. The van der Waals surface area contributed by atoms with E-state index in [2.05, 4.69) is 29.3 Å². The smallest absolute Gasteiger partial charge is 0.334 e. The van der Waals surface area contributed by atoms with Crippen LogP contribution in [0, 0.1) is 0 Å². The van der Waals surface area contributed by atoms with Gasteiger partial charge in [-0.05, 0) is 45.0 Å². The summed E-state index contributed by atoms with van der Waals surface area (Å²) in [6.07, 6.45) is 0.159. The number of aromatic nitrogens is 2. The zero-order chi connectivity index (χ0) is 16.3. The molecule has 0 unspecified atom stereocenters. The van der Waals surface area contributed by atoms with Crippen molar-refractivity contribution in [2.24, 2.45) is 0 Å². The van der Waals surface area contributed by atoms with Gasteiger partial charge in [0.15, 0.2) is 0 Å². The van der Waals surface area contributed by atoms with Crippen molar-refractivity contribution in [2.45, 2.75) is 37.7 Å². The average molecular weight is 318 g/mol. The zero-order valence-corrected chi connectivity index (χ0v) is 13.7. The second-order valence-electron chi connectivity index (χ2n) is 5.84. The molecule has 1 heterocycles. The molecule has 0 saturated heterocycles. The summed E-state index contributed by atoms with van der Waals surface area (Å²) in [5.41, 5.74) is 0.528. The number of carbonyl (C=O) groups is 1. The monoisotopic (exact) mass is 318 g/mol. The molecule has 0 amide bonds. The van der Waals surface area contributed by atoms with Crippen LogP contribution in [0.3, 0.4) is 0 Å². The van der Waals surface area contributed by atoms with Crippen molar-refractivity contribution < 1.29 is 14.1 Å². The normalized spacial score (nSPS) is 11.3. The lowest BCUT2D eigenvalue weighted by Gasteiger charge is -2.19. The largest absolute Gasteiger partial charge is 0.457 e. The first-order chi connectivity index (χ1) is 10.2. The van der Waals surface area contributed by atoms with Crippen LogP contribution >= 0.6 is 12.6 Å². The molecule has 0 fully saturated rings. The van der Waals surface area contributed by atoms with Gasteiger partial charge in [0, 0.05) is 16.0 Å². The number of hydrogen-bond acceptors (Lipinski definition) is 6. The molecule has 0 atom stereocenters. The highest BCUT2D eigenvalue weighted by Crippen LogP contribution is 2.19. The van der Waals surface area contributed by atoms with Crippen molar-refractivity contribution in [2.75, 3.05) is 0 Å². The number of hydrogen-bond donors (Lipinski definition) is 1. The fourth-order valence-corrected chi connectivity index (χ4v) is 1.81. The van der Waals surface area contributed by atoms with Gasteiger partial charge in [-0.2, -0.15) is 4.98 Å². The van der Waals surface area contributed by atoms with Crippen molar-refractivity contribution in [1.29, 1.82) is 0 Å². The Morgan fingerprint density at radius 3 is 2.55 bits per heavy atom. The summed E-state index contributed by atoms with van der Waals surface area (Å²) in [4.78, 5) is 17.0. The summed E-state index contributed by atoms with van der Waals surface area (Å²) in [5.74, 6) is 0.313. The third kappa shape index (κ3) is 4.46. The van der Waals surface area contributed by atoms with Crippen molar-refractivity contribution in [1.82, 2.24) is 10.1 Å². The predicted octanol–water partition coefficient (Wildman–Crippen LogP) is 3.47. The molecule has 0 aliphatic carbocycles. The SMILES string of the molecule is C=C(Cc1nc(-c2ccc(S)cc2)no1)C(=O)OC(C)(C)C. The minimum Gasteiger partial charge on any atom is -0.457 e. The number of rotatable bonds is 4. The van der Waals surface area contributed by atoms with Crippen LogP contribution in [-0.2, 0) is 16.0 Å². The van der Waals surface area contributed by atoms with Crippen molar-refractivity contribution in [3.05, 3.63) is 42.3 Å². The van der Waals surface area contributed by atoms with E-state index in [1.807, 2.05) is 24.3 Å². The Labute approximate surface area is 134 Å². The summed E-state index contributed by atoms with van der Waals surface area (Å²) in [6, 6.07) is 7.38. The Hall–Kier alpha value is -2.08. The standard InChI is InChI=1S/C16H18N2O3S/c1-10(15(19)20-16(2,3)4)9-13-17-14(18-21-13)11-5-7-12(22)8-6-11/h5-8,22H,1,9H2,2-4H3. The molecule has 2 rings (SSSR count). The van der Waals surface area contributed by atoms with Crippen molar-refractivity contribution in [3.8, 4) is 11.4 Å². The molecule has 5 nitrogen and oxygen atoms in total. The zero-order valence-electron chi connectivity index (χ0n) is 12.8. The lowest BCUT2D eigenvalue weighted by atomic mass is 10.1. The van der Waals surface area contributed by atoms with E-state index in [4.69, 9.17) is 9.26 Å². The van der Waals surface area contributed by atoms with Crippen LogP contribution in [0.4, 0.5) is 0 Å². The highest BCUT2D eigenvalue weighted by atomic mass is 32.1. The van der Waals surface area contributed by atoms with Crippen LogP contribution in [0.1, 0.15) is 26.7 Å². The molecular weight excluding hydrogens is 300 g/mol. The maximum atomic E-state index is 11.9. The lowest BCUT2D eigenvalue weighted by Crippen LogP contribution is -2.25. The lowest BCUT2D eigenvalue weighted by molar-refractivity contribution is -0.150. The van der Waals surface area contributed by atoms with Gasteiger partial charge >= 0.3 is 5.97 Å². The molecule has 0 aliphatic heterocycles. The Morgan fingerprint density at radius 1 is 1.32 bits per heavy atom. The molecule has 0 saturated carbocycles. The minimum atomic E-state index is -0.561. The van der Waals surface area contributed by atoms with Crippen molar-refractivity contribution in [3.63, 3.8) is 0 Å². The summed E-state index contributed by atoms with van der Waals surface area (Å²) in [7, 11) is 0. The first-order valence-electron chi connectivity index (χ1n) is 6.78. The van der Waals surface area contributed by atoms with E-state index < -0.39 is 11.6 Å². The highest BCUT2D eigenvalue weighted by molar-refractivity contribution is 7.80. The first kappa shape index (κ1) is 16.3. The number of ether oxygens (including phenoxy) is 1. The Morgan fingerprint density at radius 2 is 1.95 bits per heavy atom. The topological polar surface area (TPSA) is 65.2 Å². The molecular formula is C16H18N2O3S. The highest BCUT2D eigenvalue weighted by Gasteiger charge is 2.20. The summed E-state index contributed by atoms with van der Waals surface area (Å²) >= 11 is 4.22. The number of thiol groups is 1. The molecule has 1 aromatic carbocycles. The van der Waals surface area contributed by atoms with E-state index in [0.29, 0.717) is 11.7 Å². The number of esters is 1. The van der Waals surface area contributed by atoms with E-state index >= 15 is 0 Å². The molecule has 1 aromatic heterocycles. The van der Waals surface area contributed by atoms with Gasteiger partial charge in [0.05, 0.1) is 6.42 Å². The van der Waals surface area contributed by atoms with Crippen molar-refractivity contribution >= 4 is 18.6 Å². The molecule has 116 valence electrons. The molecule has 0 bridgehead atoms. The second kappa shape index (κ2) is 6.36. The van der Waals surface area contributed by atoms with Gasteiger partial charge in [-0.3, -0.25) is 0 Å². The van der Waals surface area contributed by atoms with Gasteiger partial charge < -0.3 is 9.26 Å². The van der Waals surface area contributed by atoms with E-state index in [1.54, 1.807) is 20.8 Å². The molecule has 2 aromatic rings. The Bertz CT molecular complexity index is 684. The third-order valence-corrected chi connectivity index (χ3v) is 2.94. The summed E-state index contributed by atoms with van der Waals surface area (Å²) in [6.45, 7) is 9.11. The summed E-state index contributed by atoms with van der Waals surface area (Å²) < 4.78 is 10.4. The second-order valence-corrected chi connectivity index (χ2v) is 6.36. The van der Waals surface area contributed by atoms with Crippen LogP contribution < -0.4 is 0 Å². The van der Waals surface area contributed by atoms with Crippen LogP contribution in [0.2, 0.25) is 0 Å². The van der Waals surface area contributed by atoms with Gasteiger partial charge in [-0.25, -0.2) is 4.79 Å². The van der Waals surface area contributed by atoms with Gasteiger partial charge in [-0.15, -0.1) is 12.6 Å². The maximum Gasteiger partial charge on any atom is 0.334 e. The maximum absolute atomic E-state index is 11.9. The average Bonchev–Trinajstić information content (AvgIpc) is 2.86. The van der Waals surface area contributed by atoms with Gasteiger partial charge in [-0.1, -0.05) is 11.7 Å². The fourth-order valence-electron chi connectivity index (χ4n) is 1.66. The minimum absolute atomic E-state index is 0.159. The van der Waals surface area contributed by atoms with Crippen LogP contribution in [0.15, 0.2) is 45.8 Å². The van der Waals surface area contributed by atoms with E-state index in [9.17, 15) is 4.79 Å². The number of nitrogens with zero attached hydrogens (tertiary/aromatic N) is 2. The van der Waals surface area contributed by atoms with E-state index in [1.165, 1.54) is 0 Å². The molecule has 0 radical (unpaired) electrons. The fraction of sp³-hybridized carbons (Fsp3) is 0.312. The van der Waals surface area contributed by atoms with E-state index in [0.717, 1.165) is 10.5 Å². The third-order valence-electron chi connectivity index (χ3n) is 2.65. The quantitative estimate of drug-likeness (QED) is 0.531. The van der Waals surface area contributed by atoms with Crippen LogP contribution in [-0.4, -0.2) is 21.7 Å². The molecule has 22 heavy (non-hydrogen) atoms. The van der Waals surface area contributed by atoms with Gasteiger partial charge in [0.25, 0.3) is 0 Å².